The quantitative estimate of drug-likeness (QED) is 0.478. The van der Waals surface area contributed by atoms with E-state index in [1.165, 1.54) is 28.0 Å². The van der Waals surface area contributed by atoms with Gasteiger partial charge in [-0.25, -0.2) is 0 Å². The van der Waals surface area contributed by atoms with Crippen molar-refractivity contribution in [3.8, 4) is 0 Å². The summed E-state index contributed by atoms with van der Waals surface area (Å²) in [4.78, 5) is 13.6. The van der Waals surface area contributed by atoms with Crippen molar-refractivity contribution in [2.24, 2.45) is 0 Å². The molecule has 1 aliphatic rings. The van der Waals surface area contributed by atoms with E-state index in [2.05, 4.69) is 44.0 Å². The Morgan fingerprint density at radius 3 is 2.36 bits per heavy atom. The first-order valence-corrected chi connectivity index (χ1v) is 10.2. The smallest absolute Gasteiger partial charge is 0.214 e. The van der Waals surface area contributed by atoms with Crippen LogP contribution in [0.3, 0.4) is 0 Å². The van der Waals surface area contributed by atoms with Gasteiger partial charge in [0.1, 0.15) is 0 Å². The van der Waals surface area contributed by atoms with E-state index in [0.29, 0.717) is 0 Å². The third-order valence-corrected chi connectivity index (χ3v) is 5.59. The Morgan fingerprint density at radius 2 is 1.71 bits per heavy atom. The fourth-order valence-corrected chi connectivity index (χ4v) is 4.45. The maximum Gasteiger partial charge on any atom is 0.214 e. The Morgan fingerprint density at radius 1 is 1.04 bits per heavy atom. The lowest BCUT2D eigenvalue weighted by atomic mass is 9.87. The number of nitrogens with zero attached hydrogens (tertiary/aromatic N) is 2. The molecule has 0 saturated carbocycles. The number of nitro groups is 1. The van der Waals surface area contributed by atoms with Crippen LogP contribution in [0.4, 0.5) is 5.69 Å². The highest BCUT2D eigenvalue weighted by Gasteiger charge is 2.24. The van der Waals surface area contributed by atoms with Crippen LogP contribution < -0.4 is 4.90 Å². The minimum atomic E-state index is -0.178. The molecule has 28 heavy (non-hydrogen) atoms. The number of benzene rings is 2. The van der Waals surface area contributed by atoms with E-state index in [-0.39, 0.29) is 17.4 Å². The van der Waals surface area contributed by atoms with Crippen LogP contribution in [0.1, 0.15) is 53.9 Å². The van der Waals surface area contributed by atoms with Crippen LogP contribution in [0.25, 0.3) is 0 Å². The van der Waals surface area contributed by atoms with Gasteiger partial charge in [0.2, 0.25) is 6.54 Å². The van der Waals surface area contributed by atoms with E-state index < -0.39 is 0 Å². The van der Waals surface area contributed by atoms with Crippen molar-refractivity contribution in [2.45, 2.75) is 52.4 Å². The largest absolute Gasteiger partial charge is 0.348 e. The zero-order chi connectivity index (χ0) is 20.1. The molecule has 148 valence electrons. The first kappa shape index (κ1) is 20.1. The third-order valence-electron chi connectivity index (χ3n) is 5.59. The first-order valence-electron chi connectivity index (χ1n) is 10.2. The van der Waals surface area contributed by atoms with Crippen LogP contribution in [0.5, 0.6) is 0 Å². The molecule has 0 aliphatic carbocycles. The molecule has 0 bridgehead atoms. The summed E-state index contributed by atoms with van der Waals surface area (Å²) >= 11 is 0. The van der Waals surface area contributed by atoms with Gasteiger partial charge in [0.15, 0.2) is 0 Å². The average Bonchev–Trinajstić information content (AvgIpc) is 2.61. The highest BCUT2D eigenvalue weighted by atomic mass is 16.6. The van der Waals surface area contributed by atoms with E-state index in [9.17, 15) is 10.1 Å². The second kappa shape index (κ2) is 9.05. The number of anilines is 1. The molecule has 4 nitrogen and oxygen atoms in total. The second-order valence-corrected chi connectivity index (χ2v) is 7.93. The molecular formula is C24H30N2O2. The summed E-state index contributed by atoms with van der Waals surface area (Å²) in [5, 5.41) is 11.4. The minimum absolute atomic E-state index is 0.0600. The lowest BCUT2D eigenvalue weighted by Crippen LogP contribution is -2.24. The molecule has 1 aliphatic heterocycles. The van der Waals surface area contributed by atoms with Gasteiger partial charge in [-0.1, -0.05) is 54.4 Å². The summed E-state index contributed by atoms with van der Waals surface area (Å²) in [5.41, 5.74) is 7.24. The van der Waals surface area contributed by atoms with Crippen molar-refractivity contribution in [2.75, 3.05) is 18.0 Å². The van der Waals surface area contributed by atoms with Gasteiger partial charge in [-0.15, -0.1) is 0 Å². The molecule has 0 fully saturated rings. The summed E-state index contributed by atoms with van der Waals surface area (Å²) in [5.74, 6) is -0.178. The van der Waals surface area contributed by atoms with Crippen LogP contribution >= 0.6 is 0 Å². The number of hydrogen-bond donors (Lipinski definition) is 0. The second-order valence-electron chi connectivity index (χ2n) is 7.93. The van der Waals surface area contributed by atoms with Crippen molar-refractivity contribution < 1.29 is 4.92 Å². The monoisotopic (exact) mass is 378 g/mol. The summed E-state index contributed by atoms with van der Waals surface area (Å²) < 4.78 is 0. The summed E-state index contributed by atoms with van der Waals surface area (Å²) in [6, 6.07) is 14.4. The third kappa shape index (κ3) is 4.80. The lowest BCUT2D eigenvalue weighted by molar-refractivity contribution is -0.482. The number of aryl methyl sites for hydroxylation is 3. The minimum Gasteiger partial charge on any atom is -0.348 e. The molecule has 0 aromatic heterocycles. The van der Waals surface area contributed by atoms with Gasteiger partial charge in [0.05, 0.1) is 5.92 Å². The lowest BCUT2D eigenvalue weighted by Gasteiger charge is -2.30. The van der Waals surface area contributed by atoms with E-state index in [1.807, 2.05) is 30.3 Å². The summed E-state index contributed by atoms with van der Waals surface area (Å²) in [6.45, 7) is 7.34. The molecule has 0 radical (unpaired) electrons. The predicted molar refractivity (Wildman–Crippen MR) is 116 cm³/mol. The molecule has 0 amide bonds. The number of hydrogen-bond acceptors (Lipinski definition) is 3. The normalized spacial score (nSPS) is 18.0. The topological polar surface area (TPSA) is 46.4 Å². The molecule has 3 rings (SSSR count). The van der Waals surface area contributed by atoms with E-state index in [1.54, 1.807) is 0 Å². The highest BCUT2D eigenvalue weighted by Crippen LogP contribution is 2.34. The molecule has 2 aromatic rings. The summed E-state index contributed by atoms with van der Waals surface area (Å²) in [6.07, 6.45) is 6.50. The molecule has 2 aromatic carbocycles. The van der Waals surface area contributed by atoms with Crippen molar-refractivity contribution >= 4 is 5.69 Å². The van der Waals surface area contributed by atoms with Crippen molar-refractivity contribution in [1.82, 2.24) is 0 Å². The Balaban J connectivity index is 2.06. The van der Waals surface area contributed by atoms with Crippen LogP contribution in [0.2, 0.25) is 0 Å². The van der Waals surface area contributed by atoms with Crippen molar-refractivity contribution in [1.29, 1.82) is 0 Å². The fourth-order valence-electron chi connectivity index (χ4n) is 4.45. The molecule has 0 spiro atoms. The zero-order valence-corrected chi connectivity index (χ0v) is 17.1. The Kier molecular flexibility index (Phi) is 6.50. The molecule has 4 heteroatoms. The van der Waals surface area contributed by atoms with Crippen molar-refractivity contribution in [3.05, 3.63) is 86.6 Å². The Hall–Kier alpha value is -2.62. The first-order chi connectivity index (χ1) is 13.5. The van der Waals surface area contributed by atoms with E-state index in [0.717, 1.165) is 37.8 Å². The standard InChI is InChI=1S/C24H30N2O2/c1-18-14-19(2)24(20(3)15-18)25-13-9-5-8-12-22(16-25)23(17-26(27)28)21-10-6-4-7-11-21/h4,6-7,10-11,14-16,23H,5,8-9,12-13,17H2,1-3H3/b22-16+. The van der Waals surface area contributed by atoms with Crippen LogP contribution in [-0.4, -0.2) is 18.0 Å². The van der Waals surface area contributed by atoms with Gasteiger partial charge >= 0.3 is 0 Å². The fraction of sp³-hybridized carbons (Fsp3) is 0.417. The molecule has 0 saturated heterocycles. The van der Waals surface area contributed by atoms with Gasteiger partial charge < -0.3 is 4.90 Å². The molecule has 1 atom stereocenters. The van der Waals surface area contributed by atoms with Gasteiger partial charge in [-0.2, -0.15) is 0 Å². The van der Waals surface area contributed by atoms with Gasteiger partial charge in [-0.05, 0) is 62.3 Å². The Bertz CT molecular complexity index is 835. The van der Waals surface area contributed by atoms with Gasteiger partial charge in [-0.3, -0.25) is 10.1 Å². The van der Waals surface area contributed by atoms with Crippen LogP contribution in [0, 0.1) is 30.9 Å². The van der Waals surface area contributed by atoms with Crippen LogP contribution in [0.15, 0.2) is 54.2 Å². The van der Waals surface area contributed by atoms with E-state index in [4.69, 9.17) is 0 Å². The summed E-state index contributed by atoms with van der Waals surface area (Å²) in [7, 11) is 0. The van der Waals surface area contributed by atoms with Crippen LogP contribution in [-0.2, 0) is 0 Å². The average molecular weight is 379 g/mol. The molecular weight excluding hydrogens is 348 g/mol. The maximum absolute atomic E-state index is 11.4. The molecule has 1 unspecified atom stereocenters. The maximum atomic E-state index is 11.4. The molecule has 1 heterocycles. The predicted octanol–water partition coefficient (Wildman–Crippen LogP) is 5.94. The van der Waals surface area contributed by atoms with E-state index >= 15 is 0 Å². The molecule has 0 N–H and O–H groups in total. The van der Waals surface area contributed by atoms with Gasteiger partial charge in [0.25, 0.3) is 0 Å². The SMILES string of the molecule is Cc1cc(C)c(N2/C=C(/C(C[N+](=O)[O-])c3ccccc3)CCCCC2)c(C)c1. The Labute approximate surface area is 168 Å². The zero-order valence-electron chi connectivity index (χ0n) is 17.1. The van der Waals surface area contributed by atoms with Gasteiger partial charge in [0, 0.05) is 23.4 Å². The van der Waals surface area contributed by atoms with Crippen molar-refractivity contribution in [3.63, 3.8) is 0 Å². The highest BCUT2D eigenvalue weighted by molar-refractivity contribution is 5.62. The number of rotatable bonds is 5.